The molecule has 2 nitrogen and oxygen atoms in total. The largest absolute Gasteiger partial charge is 0.478 e. The summed E-state index contributed by atoms with van der Waals surface area (Å²) in [6.45, 7) is 6.02. The van der Waals surface area contributed by atoms with Gasteiger partial charge in [0.1, 0.15) is 0 Å². The Morgan fingerprint density at radius 2 is 1.70 bits per heavy atom. The first-order chi connectivity index (χ1) is 9.52. The van der Waals surface area contributed by atoms with Crippen molar-refractivity contribution in [1.82, 2.24) is 0 Å². The average molecular weight is 268 g/mol. The van der Waals surface area contributed by atoms with Crippen LogP contribution in [0.3, 0.4) is 0 Å². The molecule has 0 fully saturated rings. The fourth-order valence-electron chi connectivity index (χ4n) is 2.53. The van der Waals surface area contributed by atoms with Crippen LogP contribution in [0.2, 0.25) is 0 Å². The minimum atomic E-state index is -0.869. The monoisotopic (exact) mass is 268 g/mol. The Hall–Kier alpha value is -2.09. The summed E-state index contributed by atoms with van der Waals surface area (Å²) in [6, 6.07) is 12.1. The second kappa shape index (κ2) is 5.91. The highest BCUT2D eigenvalue weighted by Gasteiger charge is 2.11. The van der Waals surface area contributed by atoms with Gasteiger partial charge in [0.2, 0.25) is 0 Å². The Morgan fingerprint density at radius 3 is 2.25 bits per heavy atom. The van der Waals surface area contributed by atoms with E-state index in [1.165, 1.54) is 5.56 Å². The molecule has 0 aliphatic carbocycles. The summed E-state index contributed by atoms with van der Waals surface area (Å²) in [5.41, 5.74) is 5.68. The van der Waals surface area contributed by atoms with Gasteiger partial charge in [-0.1, -0.05) is 43.7 Å². The van der Waals surface area contributed by atoms with Gasteiger partial charge in [-0.3, -0.25) is 0 Å². The summed E-state index contributed by atoms with van der Waals surface area (Å²) < 4.78 is 0. The fraction of sp³-hybridized carbons (Fsp3) is 0.278. The van der Waals surface area contributed by atoms with E-state index in [0.717, 1.165) is 35.1 Å². The van der Waals surface area contributed by atoms with Crippen LogP contribution in [0, 0.1) is 13.8 Å². The first kappa shape index (κ1) is 14.3. The Morgan fingerprint density at radius 1 is 1.05 bits per heavy atom. The smallest absolute Gasteiger partial charge is 0.335 e. The maximum atomic E-state index is 11.3. The second-order valence-electron chi connectivity index (χ2n) is 5.23. The van der Waals surface area contributed by atoms with Crippen molar-refractivity contribution in [2.75, 3.05) is 0 Å². The highest BCUT2D eigenvalue weighted by Crippen LogP contribution is 2.27. The first-order valence-electron chi connectivity index (χ1n) is 6.96. The summed E-state index contributed by atoms with van der Waals surface area (Å²) in [5.74, 6) is -0.869. The van der Waals surface area contributed by atoms with Crippen molar-refractivity contribution in [2.45, 2.75) is 33.6 Å². The molecule has 0 aromatic heterocycles. The normalized spacial score (nSPS) is 10.6. The summed E-state index contributed by atoms with van der Waals surface area (Å²) in [5, 5.41) is 9.24. The standard InChI is InChI=1S/C18H20O2/c1-4-5-14-6-8-15(9-7-14)16-11-17(18(19)20)13(3)10-12(16)2/h6-11H,4-5H2,1-3H3,(H,19,20). The van der Waals surface area contributed by atoms with Crippen LogP contribution in [-0.2, 0) is 6.42 Å². The van der Waals surface area contributed by atoms with Crippen LogP contribution in [0.15, 0.2) is 36.4 Å². The van der Waals surface area contributed by atoms with Gasteiger partial charge >= 0.3 is 5.97 Å². The summed E-state index contributed by atoms with van der Waals surface area (Å²) in [4.78, 5) is 11.3. The molecule has 2 rings (SSSR count). The molecule has 0 amide bonds. The van der Waals surface area contributed by atoms with Crippen LogP contribution < -0.4 is 0 Å². The van der Waals surface area contributed by atoms with E-state index in [4.69, 9.17) is 0 Å². The lowest BCUT2D eigenvalue weighted by atomic mass is 9.94. The number of carbonyl (C=O) groups is 1. The first-order valence-corrected chi connectivity index (χ1v) is 6.96. The average Bonchev–Trinajstić information content (AvgIpc) is 2.40. The molecular weight excluding hydrogens is 248 g/mol. The zero-order valence-corrected chi connectivity index (χ0v) is 12.2. The van der Waals surface area contributed by atoms with Crippen LogP contribution in [-0.4, -0.2) is 11.1 Å². The van der Waals surface area contributed by atoms with E-state index in [-0.39, 0.29) is 0 Å². The Balaban J connectivity index is 2.46. The maximum absolute atomic E-state index is 11.3. The van der Waals surface area contributed by atoms with Crippen LogP contribution in [0.1, 0.15) is 40.4 Å². The number of carboxylic acids is 1. The van der Waals surface area contributed by atoms with Crippen molar-refractivity contribution in [2.24, 2.45) is 0 Å². The van der Waals surface area contributed by atoms with Gasteiger partial charge in [0.15, 0.2) is 0 Å². The molecule has 0 saturated carbocycles. The van der Waals surface area contributed by atoms with Gasteiger partial charge in [-0.25, -0.2) is 4.79 Å². The molecule has 2 aromatic carbocycles. The van der Waals surface area contributed by atoms with Gasteiger partial charge in [-0.2, -0.15) is 0 Å². The van der Waals surface area contributed by atoms with Crippen molar-refractivity contribution in [3.05, 3.63) is 58.7 Å². The molecule has 20 heavy (non-hydrogen) atoms. The van der Waals surface area contributed by atoms with Crippen molar-refractivity contribution < 1.29 is 9.90 Å². The molecule has 104 valence electrons. The zero-order chi connectivity index (χ0) is 14.7. The molecule has 0 unspecified atom stereocenters. The molecule has 0 aliphatic rings. The molecular formula is C18H20O2. The molecule has 0 heterocycles. The number of hydrogen-bond acceptors (Lipinski definition) is 1. The Labute approximate surface area is 120 Å². The minimum absolute atomic E-state index is 0.378. The Bertz CT molecular complexity index is 625. The number of rotatable bonds is 4. The van der Waals surface area contributed by atoms with E-state index >= 15 is 0 Å². The van der Waals surface area contributed by atoms with Gasteiger partial charge in [0, 0.05) is 0 Å². The van der Waals surface area contributed by atoms with Gasteiger partial charge in [-0.15, -0.1) is 0 Å². The van der Waals surface area contributed by atoms with Gasteiger partial charge in [0.05, 0.1) is 5.56 Å². The summed E-state index contributed by atoms with van der Waals surface area (Å²) in [6.07, 6.45) is 2.21. The fourth-order valence-corrected chi connectivity index (χ4v) is 2.53. The van der Waals surface area contributed by atoms with E-state index in [9.17, 15) is 9.90 Å². The van der Waals surface area contributed by atoms with Gasteiger partial charge < -0.3 is 5.11 Å². The van der Waals surface area contributed by atoms with E-state index in [0.29, 0.717) is 5.56 Å². The molecule has 0 spiro atoms. The van der Waals surface area contributed by atoms with Gasteiger partial charge in [0.25, 0.3) is 0 Å². The van der Waals surface area contributed by atoms with Crippen molar-refractivity contribution in [3.8, 4) is 11.1 Å². The second-order valence-corrected chi connectivity index (χ2v) is 5.23. The number of hydrogen-bond donors (Lipinski definition) is 1. The number of aryl methyl sites for hydroxylation is 3. The molecule has 2 aromatic rings. The SMILES string of the molecule is CCCc1ccc(-c2cc(C(=O)O)c(C)cc2C)cc1. The van der Waals surface area contributed by atoms with Crippen molar-refractivity contribution in [3.63, 3.8) is 0 Å². The van der Waals surface area contributed by atoms with Crippen LogP contribution >= 0.6 is 0 Å². The topological polar surface area (TPSA) is 37.3 Å². The molecule has 1 N–H and O–H groups in total. The zero-order valence-electron chi connectivity index (χ0n) is 12.2. The van der Waals surface area contributed by atoms with Gasteiger partial charge in [-0.05, 0) is 54.2 Å². The lowest BCUT2D eigenvalue weighted by Crippen LogP contribution is -2.01. The molecule has 0 saturated heterocycles. The molecule has 0 atom stereocenters. The van der Waals surface area contributed by atoms with Crippen molar-refractivity contribution in [1.29, 1.82) is 0 Å². The number of aromatic carboxylic acids is 1. The van der Waals surface area contributed by atoms with E-state index in [1.807, 2.05) is 19.9 Å². The summed E-state index contributed by atoms with van der Waals surface area (Å²) in [7, 11) is 0. The van der Waals surface area contributed by atoms with E-state index in [2.05, 4.69) is 31.2 Å². The third-order valence-corrected chi connectivity index (χ3v) is 3.61. The lowest BCUT2D eigenvalue weighted by molar-refractivity contribution is 0.0696. The van der Waals surface area contributed by atoms with E-state index < -0.39 is 5.97 Å². The van der Waals surface area contributed by atoms with E-state index in [1.54, 1.807) is 6.07 Å². The van der Waals surface area contributed by atoms with Crippen LogP contribution in [0.4, 0.5) is 0 Å². The van der Waals surface area contributed by atoms with Crippen molar-refractivity contribution >= 4 is 5.97 Å². The molecule has 2 heteroatoms. The van der Waals surface area contributed by atoms with Crippen LogP contribution in [0.25, 0.3) is 11.1 Å². The Kier molecular flexibility index (Phi) is 4.23. The number of benzene rings is 2. The predicted octanol–water partition coefficient (Wildman–Crippen LogP) is 4.62. The lowest BCUT2D eigenvalue weighted by Gasteiger charge is -2.11. The highest BCUT2D eigenvalue weighted by molar-refractivity contribution is 5.91. The minimum Gasteiger partial charge on any atom is -0.478 e. The quantitative estimate of drug-likeness (QED) is 0.878. The number of carboxylic acid groups (broad SMARTS) is 1. The highest BCUT2D eigenvalue weighted by atomic mass is 16.4. The predicted molar refractivity (Wildman–Crippen MR) is 82.3 cm³/mol. The third-order valence-electron chi connectivity index (χ3n) is 3.61. The molecule has 0 aliphatic heterocycles. The third kappa shape index (κ3) is 2.90. The summed E-state index contributed by atoms with van der Waals surface area (Å²) >= 11 is 0. The molecule has 0 radical (unpaired) electrons. The van der Waals surface area contributed by atoms with Crippen LogP contribution in [0.5, 0.6) is 0 Å². The maximum Gasteiger partial charge on any atom is 0.335 e. The molecule has 0 bridgehead atoms.